The van der Waals surface area contributed by atoms with Crippen LogP contribution in [0.5, 0.6) is 5.95 Å². The lowest BCUT2D eigenvalue weighted by Gasteiger charge is -2.40. The smallest absolute Gasteiger partial charge is 0.291 e. The van der Waals surface area contributed by atoms with Crippen molar-refractivity contribution in [2.24, 2.45) is 11.8 Å². The Kier molecular flexibility index (Phi) is 6.77. The lowest BCUT2D eigenvalue weighted by molar-refractivity contribution is -0.120. The van der Waals surface area contributed by atoms with Gasteiger partial charge in [0, 0.05) is 23.8 Å². The van der Waals surface area contributed by atoms with Gasteiger partial charge in [-0.3, -0.25) is 9.59 Å². The normalized spacial score (nSPS) is 23.3. The summed E-state index contributed by atoms with van der Waals surface area (Å²) in [5.74, 6) is 0.918. The minimum absolute atomic E-state index is 0.0208. The fourth-order valence-electron chi connectivity index (χ4n) is 4.88. The van der Waals surface area contributed by atoms with Crippen LogP contribution in [0.3, 0.4) is 0 Å². The first-order valence-electron chi connectivity index (χ1n) is 10.2. The Balaban J connectivity index is 2.74. The van der Waals surface area contributed by atoms with E-state index in [1.54, 1.807) is 6.92 Å². The zero-order chi connectivity index (χ0) is 22.1. The molecule has 1 aromatic rings. The van der Waals surface area contributed by atoms with Gasteiger partial charge in [0.2, 0.25) is 0 Å². The number of rotatable bonds is 6. The van der Waals surface area contributed by atoms with Gasteiger partial charge >= 0.3 is 0 Å². The Labute approximate surface area is 174 Å². The maximum Gasteiger partial charge on any atom is 0.291 e. The van der Waals surface area contributed by atoms with Crippen molar-refractivity contribution >= 4 is 5.78 Å². The van der Waals surface area contributed by atoms with Crippen LogP contribution in [-0.2, 0) is 10.2 Å². The standard InChI is InChI=1S/C25H34O4/c1-10-20(26)15(3)12-17(5)21-16(4)11-14(2)13-25(21,8)23-18(6)22(27)19(7)24(28-9)29-23/h11-13,15,21H,10H2,1-9H3/b17-12+/t15?,21?,25-/m0/s1. The zero-order valence-corrected chi connectivity index (χ0v) is 19.2. The number of carbonyl (C=O) groups excluding carboxylic acids is 1. The number of carbonyl (C=O) groups is 1. The quantitative estimate of drug-likeness (QED) is 0.585. The molecule has 0 saturated heterocycles. The summed E-state index contributed by atoms with van der Waals surface area (Å²) in [6.45, 7) is 15.7. The number of hydrogen-bond acceptors (Lipinski definition) is 4. The molecular weight excluding hydrogens is 364 g/mol. The molecule has 29 heavy (non-hydrogen) atoms. The first kappa shape index (κ1) is 22.9. The van der Waals surface area contributed by atoms with E-state index in [-0.39, 0.29) is 29.0 Å². The molecule has 0 aliphatic heterocycles. The summed E-state index contributed by atoms with van der Waals surface area (Å²) >= 11 is 0. The summed E-state index contributed by atoms with van der Waals surface area (Å²) in [5, 5.41) is 0. The van der Waals surface area contributed by atoms with Gasteiger partial charge in [-0.05, 0) is 41.5 Å². The Hall–Kier alpha value is -2.36. The Morgan fingerprint density at radius 3 is 2.45 bits per heavy atom. The van der Waals surface area contributed by atoms with Crippen molar-refractivity contribution in [2.45, 2.75) is 67.2 Å². The molecule has 0 fully saturated rings. The Bertz CT molecular complexity index is 958. The highest BCUT2D eigenvalue weighted by molar-refractivity contribution is 5.82. The Morgan fingerprint density at radius 2 is 1.90 bits per heavy atom. The Morgan fingerprint density at radius 1 is 1.28 bits per heavy atom. The molecule has 2 rings (SSSR count). The van der Waals surface area contributed by atoms with Crippen LogP contribution in [0.2, 0.25) is 0 Å². The monoisotopic (exact) mass is 398 g/mol. The van der Waals surface area contributed by atoms with Crippen LogP contribution in [-0.4, -0.2) is 12.9 Å². The van der Waals surface area contributed by atoms with Crippen molar-refractivity contribution in [1.82, 2.24) is 0 Å². The maximum atomic E-state index is 12.9. The zero-order valence-electron chi connectivity index (χ0n) is 19.2. The molecule has 0 aromatic carbocycles. The molecular formula is C25H34O4. The minimum atomic E-state index is -0.567. The SMILES string of the molecule is CCC(=O)C(C)/C=C(\C)C1C(C)=CC(C)=C[C@]1(C)c1oc(OC)c(C)c(=O)c1C. The van der Waals surface area contributed by atoms with E-state index in [1.807, 2.05) is 20.8 Å². The van der Waals surface area contributed by atoms with Gasteiger partial charge in [-0.25, -0.2) is 0 Å². The number of allylic oxidation sites excluding steroid dienone is 6. The molecule has 1 heterocycles. The van der Waals surface area contributed by atoms with Crippen LogP contribution in [0.1, 0.15) is 64.9 Å². The first-order chi connectivity index (χ1) is 13.5. The van der Waals surface area contributed by atoms with Crippen molar-refractivity contribution in [3.63, 3.8) is 0 Å². The first-order valence-corrected chi connectivity index (χ1v) is 10.2. The molecule has 0 saturated carbocycles. The topological polar surface area (TPSA) is 56.5 Å². The van der Waals surface area contributed by atoms with E-state index in [1.165, 1.54) is 12.7 Å². The molecule has 0 radical (unpaired) electrons. The van der Waals surface area contributed by atoms with Gasteiger partial charge in [-0.2, -0.15) is 0 Å². The molecule has 3 atom stereocenters. The van der Waals surface area contributed by atoms with Gasteiger partial charge in [-0.1, -0.05) is 48.8 Å². The van der Waals surface area contributed by atoms with Crippen LogP contribution in [0.15, 0.2) is 44.2 Å². The second-order valence-electron chi connectivity index (χ2n) is 8.51. The average molecular weight is 399 g/mol. The predicted octanol–water partition coefficient (Wildman–Crippen LogP) is 5.61. The number of ketones is 1. The number of methoxy groups -OCH3 is 1. The van der Waals surface area contributed by atoms with Gasteiger partial charge in [-0.15, -0.1) is 0 Å². The van der Waals surface area contributed by atoms with Crippen LogP contribution >= 0.6 is 0 Å². The van der Waals surface area contributed by atoms with Crippen molar-refractivity contribution in [3.05, 3.63) is 62.1 Å². The van der Waals surface area contributed by atoms with Crippen molar-refractivity contribution < 1.29 is 13.9 Å². The number of Topliss-reactive ketones (excluding diaryl/α,β-unsaturated/α-hetero) is 1. The highest BCUT2D eigenvalue weighted by Crippen LogP contribution is 2.47. The van der Waals surface area contributed by atoms with Gasteiger partial charge in [0.05, 0.1) is 18.1 Å². The third-order valence-corrected chi connectivity index (χ3v) is 6.06. The van der Waals surface area contributed by atoms with Crippen LogP contribution in [0, 0.1) is 25.7 Å². The van der Waals surface area contributed by atoms with E-state index in [0.29, 0.717) is 23.3 Å². The number of hydrogen-bond donors (Lipinski definition) is 0. The van der Waals surface area contributed by atoms with Crippen molar-refractivity contribution in [2.75, 3.05) is 7.11 Å². The summed E-state index contributed by atoms with van der Waals surface area (Å²) in [6.07, 6.45) is 6.90. The van der Waals surface area contributed by atoms with Gasteiger partial charge in [0.1, 0.15) is 11.5 Å². The molecule has 0 N–H and O–H groups in total. The molecule has 2 unspecified atom stereocenters. The molecule has 1 aliphatic rings. The van der Waals surface area contributed by atoms with Gasteiger partial charge in [0.25, 0.3) is 5.95 Å². The summed E-state index contributed by atoms with van der Waals surface area (Å²) in [5.41, 5.74) is 3.85. The molecule has 1 aromatic heterocycles. The van der Waals surface area contributed by atoms with E-state index in [9.17, 15) is 9.59 Å². The third kappa shape index (κ3) is 4.17. The molecule has 4 nitrogen and oxygen atoms in total. The second-order valence-corrected chi connectivity index (χ2v) is 8.51. The van der Waals surface area contributed by atoms with Crippen molar-refractivity contribution in [1.29, 1.82) is 0 Å². The fourth-order valence-corrected chi connectivity index (χ4v) is 4.88. The van der Waals surface area contributed by atoms with Crippen LogP contribution in [0.25, 0.3) is 0 Å². The molecule has 1 aliphatic carbocycles. The highest BCUT2D eigenvalue weighted by atomic mass is 16.6. The summed E-state index contributed by atoms with van der Waals surface area (Å²) in [6, 6.07) is 0. The largest absolute Gasteiger partial charge is 0.468 e. The highest BCUT2D eigenvalue weighted by Gasteiger charge is 2.42. The second kappa shape index (κ2) is 8.56. The molecule has 0 spiro atoms. The van der Waals surface area contributed by atoms with Crippen LogP contribution in [0.4, 0.5) is 0 Å². The molecule has 0 amide bonds. The van der Waals surface area contributed by atoms with Gasteiger partial charge < -0.3 is 9.15 Å². The molecule has 0 bridgehead atoms. The summed E-state index contributed by atoms with van der Waals surface area (Å²) in [4.78, 5) is 25.0. The average Bonchev–Trinajstić information content (AvgIpc) is 2.64. The summed E-state index contributed by atoms with van der Waals surface area (Å²) < 4.78 is 11.5. The van der Waals surface area contributed by atoms with E-state index in [2.05, 4.69) is 45.9 Å². The van der Waals surface area contributed by atoms with E-state index < -0.39 is 5.41 Å². The number of ether oxygens (including phenoxy) is 1. The lowest BCUT2D eigenvalue weighted by Crippen LogP contribution is -2.36. The minimum Gasteiger partial charge on any atom is -0.468 e. The maximum absolute atomic E-state index is 12.9. The fraction of sp³-hybridized carbons (Fsp3) is 0.520. The van der Waals surface area contributed by atoms with E-state index in [4.69, 9.17) is 9.15 Å². The van der Waals surface area contributed by atoms with E-state index >= 15 is 0 Å². The van der Waals surface area contributed by atoms with Crippen molar-refractivity contribution in [3.8, 4) is 5.95 Å². The lowest BCUT2D eigenvalue weighted by atomic mass is 9.64. The molecule has 4 heteroatoms. The van der Waals surface area contributed by atoms with Gasteiger partial charge in [0.15, 0.2) is 5.43 Å². The van der Waals surface area contributed by atoms with E-state index in [0.717, 1.165) is 11.1 Å². The van der Waals surface area contributed by atoms with Crippen LogP contribution < -0.4 is 10.2 Å². The predicted molar refractivity (Wildman–Crippen MR) is 118 cm³/mol. The summed E-state index contributed by atoms with van der Waals surface area (Å²) in [7, 11) is 1.51. The third-order valence-electron chi connectivity index (χ3n) is 6.06. The molecule has 158 valence electrons.